The summed E-state index contributed by atoms with van der Waals surface area (Å²) in [5.74, 6) is -1.69. The lowest BCUT2D eigenvalue weighted by Crippen LogP contribution is -2.20. The van der Waals surface area contributed by atoms with Crippen LogP contribution in [0.4, 0.5) is 5.69 Å². The smallest absolute Gasteiger partial charge is 0.339 e. The Morgan fingerprint density at radius 2 is 1.76 bits per heavy atom. The summed E-state index contributed by atoms with van der Waals surface area (Å²) >= 11 is 0. The van der Waals surface area contributed by atoms with Gasteiger partial charge >= 0.3 is 5.97 Å². The average Bonchev–Trinajstić information content (AvgIpc) is 2.99. The van der Waals surface area contributed by atoms with E-state index in [1.165, 1.54) is 17.9 Å². The largest absolute Gasteiger partial charge is 0.478 e. The number of carboxylic acids is 1. The molecule has 0 aliphatic heterocycles. The lowest BCUT2D eigenvalue weighted by atomic mass is 10.0. The number of benzene rings is 2. The molecule has 3 aromatic rings. The van der Waals surface area contributed by atoms with Crippen molar-refractivity contribution in [3.63, 3.8) is 0 Å². The van der Waals surface area contributed by atoms with Crippen LogP contribution in [0.15, 0.2) is 60.8 Å². The Bertz CT molecular complexity index is 917. The van der Waals surface area contributed by atoms with Crippen LogP contribution < -0.4 is 5.32 Å². The predicted octanol–water partition coefficient (Wildman–Crippen LogP) is 2.96. The fourth-order valence-electron chi connectivity index (χ4n) is 2.66. The van der Waals surface area contributed by atoms with E-state index in [-0.39, 0.29) is 11.3 Å². The van der Waals surface area contributed by atoms with Gasteiger partial charge in [-0.05, 0) is 23.6 Å². The normalized spacial score (nSPS) is 10.4. The van der Waals surface area contributed by atoms with Gasteiger partial charge in [-0.25, -0.2) is 4.79 Å². The Hall–Kier alpha value is -3.41. The molecule has 1 aromatic heterocycles. The molecule has 0 saturated heterocycles. The van der Waals surface area contributed by atoms with E-state index in [4.69, 9.17) is 0 Å². The highest BCUT2D eigenvalue weighted by molar-refractivity contribution is 6.09. The van der Waals surface area contributed by atoms with Gasteiger partial charge in [0.25, 0.3) is 5.91 Å². The third-order valence-corrected chi connectivity index (χ3v) is 3.89. The van der Waals surface area contributed by atoms with Gasteiger partial charge in [-0.2, -0.15) is 5.10 Å². The Morgan fingerprint density at radius 1 is 1.08 bits per heavy atom. The lowest BCUT2D eigenvalue weighted by Gasteiger charge is -2.12. The van der Waals surface area contributed by atoms with Crippen molar-refractivity contribution in [1.29, 1.82) is 0 Å². The highest BCUT2D eigenvalue weighted by Gasteiger charge is 2.22. The summed E-state index contributed by atoms with van der Waals surface area (Å²) in [6, 6.07) is 17.4. The number of carbonyl (C=O) groups is 2. The van der Waals surface area contributed by atoms with E-state index in [1.807, 2.05) is 48.5 Å². The second-order valence-electron chi connectivity index (χ2n) is 5.61. The van der Waals surface area contributed by atoms with E-state index in [0.29, 0.717) is 12.1 Å². The number of hydrogen-bond acceptors (Lipinski definition) is 3. The number of rotatable bonds is 5. The molecule has 3 rings (SSSR count). The summed E-state index contributed by atoms with van der Waals surface area (Å²) in [4.78, 5) is 23.9. The third-order valence-electron chi connectivity index (χ3n) is 3.89. The van der Waals surface area contributed by atoms with Gasteiger partial charge in [-0.1, -0.05) is 48.5 Å². The van der Waals surface area contributed by atoms with E-state index in [2.05, 4.69) is 10.4 Å². The number of carbonyl (C=O) groups excluding carboxylic acids is 1. The molecule has 0 aliphatic rings. The Morgan fingerprint density at radius 3 is 2.48 bits per heavy atom. The number of amides is 1. The lowest BCUT2D eigenvalue weighted by molar-refractivity contribution is 0.0692. The van der Waals surface area contributed by atoms with Crippen LogP contribution in [0.1, 0.15) is 32.0 Å². The van der Waals surface area contributed by atoms with Crippen molar-refractivity contribution in [2.45, 2.75) is 6.42 Å². The fraction of sp³-hybridized carbons (Fsp3) is 0.105. The molecule has 0 saturated carbocycles. The van der Waals surface area contributed by atoms with E-state index in [9.17, 15) is 14.7 Å². The van der Waals surface area contributed by atoms with Gasteiger partial charge in [0, 0.05) is 12.7 Å². The molecule has 0 aliphatic carbocycles. The zero-order valence-electron chi connectivity index (χ0n) is 13.6. The van der Waals surface area contributed by atoms with Crippen molar-refractivity contribution < 1.29 is 14.7 Å². The van der Waals surface area contributed by atoms with Gasteiger partial charge in [0.1, 0.15) is 11.3 Å². The summed E-state index contributed by atoms with van der Waals surface area (Å²) < 4.78 is 1.26. The van der Waals surface area contributed by atoms with Gasteiger partial charge in [0.05, 0.1) is 6.20 Å². The van der Waals surface area contributed by atoms with Crippen LogP contribution in [0.3, 0.4) is 0 Å². The van der Waals surface area contributed by atoms with Crippen LogP contribution in [-0.4, -0.2) is 26.8 Å². The maximum absolute atomic E-state index is 12.6. The van der Waals surface area contributed by atoms with Crippen molar-refractivity contribution in [1.82, 2.24) is 9.78 Å². The van der Waals surface area contributed by atoms with Gasteiger partial charge in [0.2, 0.25) is 0 Å². The van der Waals surface area contributed by atoms with Crippen LogP contribution in [0.5, 0.6) is 0 Å². The molecule has 1 amide bonds. The maximum atomic E-state index is 12.6. The number of nitrogens with one attached hydrogen (secondary N) is 1. The van der Waals surface area contributed by atoms with E-state index < -0.39 is 11.9 Å². The number of nitrogens with zero attached hydrogens (tertiary/aromatic N) is 2. The Labute approximate surface area is 144 Å². The SMILES string of the molecule is Cn1ncc(C(=O)O)c1C(=O)Nc1ccccc1Cc1ccccc1. The van der Waals surface area contributed by atoms with Crippen LogP contribution in [-0.2, 0) is 13.5 Å². The number of aryl methyl sites for hydroxylation is 1. The van der Waals surface area contributed by atoms with Gasteiger partial charge in [0.15, 0.2) is 0 Å². The third kappa shape index (κ3) is 3.58. The summed E-state index contributed by atoms with van der Waals surface area (Å²) in [6.07, 6.45) is 1.83. The minimum atomic E-state index is -1.18. The molecule has 2 aromatic carbocycles. The predicted molar refractivity (Wildman–Crippen MR) is 93.8 cm³/mol. The van der Waals surface area contributed by atoms with Gasteiger partial charge in [-0.3, -0.25) is 9.48 Å². The van der Waals surface area contributed by atoms with Crippen LogP contribution >= 0.6 is 0 Å². The standard InChI is InChI=1S/C19H17N3O3/c1-22-17(15(12-20-22)19(24)25)18(23)21-16-10-6-5-9-14(16)11-13-7-3-2-4-8-13/h2-10,12H,11H2,1H3,(H,21,23)(H,24,25). The molecule has 0 spiro atoms. The summed E-state index contributed by atoms with van der Waals surface area (Å²) in [5.41, 5.74) is 2.61. The molecule has 6 heteroatoms. The van der Waals surface area contributed by atoms with Crippen molar-refractivity contribution in [3.8, 4) is 0 Å². The zero-order chi connectivity index (χ0) is 17.8. The van der Waals surface area contributed by atoms with Gasteiger partial charge in [-0.15, -0.1) is 0 Å². The molecule has 2 N–H and O–H groups in total. The quantitative estimate of drug-likeness (QED) is 0.751. The molecular formula is C19H17N3O3. The number of aromatic nitrogens is 2. The monoisotopic (exact) mass is 335 g/mol. The van der Waals surface area contributed by atoms with Crippen molar-refractivity contribution >= 4 is 17.6 Å². The fourth-order valence-corrected chi connectivity index (χ4v) is 2.66. The topological polar surface area (TPSA) is 84.2 Å². The highest BCUT2D eigenvalue weighted by Crippen LogP contribution is 2.20. The van der Waals surface area contributed by atoms with Crippen LogP contribution in [0.2, 0.25) is 0 Å². The molecule has 0 atom stereocenters. The van der Waals surface area contributed by atoms with Crippen LogP contribution in [0.25, 0.3) is 0 Å². The first-order chi connectivity index (χ1) is 12.1. The first-order valence-electron chi connectivity index (χ1n) is 7.74. The summed E-state index contributed by atoms with van der Waals surface area (Å²) in [5, 5.41) is 15.9. The Balaban J connectivity index is 1.88. The molecule has 1 heterocycles. The minimum Gasteiger partial charge on any atom is -0.478 e. The molecule has 126 valence electrons. The molecule has 0 bridgehead atoms. The first kappa shape index (κ1) is 16.4. The van der Waals surface area contributed by atoms with E-state index in [1.54, 1.807) is 6.07 Å². The molecule has 0 radical (unpaired) electrons. The van der Waals surface area contributed by atoms with E-state index >= 15 is 0 Å². The molecule has 25 heavy (non-hydrogen) atoms. The molecule has 0 fully saturated rings. The number of aromatic carboxylic acids is 1. The van der Waals surface area contributed by atoms with E-state index in [0.717, 1.165) is 11.1 Å². The van der Waals surface area contributed by atoms with Crippen molar-refractivity contribution in [3.05, 3.63) is 83.2 Å². The second-order valence-corrected chi connectivity index (χ2v) is 5.61. The molecule has 0 unspecified atom stereocenters. The second kappa shape index (κ2) is 7.00. The summed E-state index contributed by atoms with van der Waals surface area (Å²) in [7, 11) is 1.54. The average molecular weight is 335 g/mol. The van der Waals surface area contributed by atoms with Crippen molar-refractivity contribution in [2.24, 2.45) is 7.05 Å². The summed E-state index contributed by atoms with van der Waals surface area (Å²) in [6.45, 7) is 0. The zero-order valence-corrected chi connectivity index (χ0v) is 13.6. The van der Waals surface area contributed by atoms with Crippen molar-refractivity contribution in [2.75, 3.05) is 5.32 Å². The van der Waals surface area contributed by atoms with Gasteiger partial charge < -0.3 is 10.4 Å². The Kier molecular flexibility index (Phi) is 4.61. The first-order valence-corrected chi connectivity index (χ1v) is 7.74. The van der Waals surface area contributed by atoms with Crippen LogP contribution in [0, 0.1) is 0 Å². The number of para-hydroxylation sites is 1. The highest BCUT2D eigenvalue weighted by atomic mass is 16.4. The molecular weight excluding hydrogens is 318 g/mol. The number of carboxylic acid groups (broad SMARTS) is 1. The number of anilines is 1. The minimum absolute atomic E-state index is 0.0158. The molecule has 6 nitrogen and oxygen atoms in total. The maximum Gasteiger partial charge on any atom is 0.339 e. The number of hydrogen-bond donors (Lipinski definition) is 2.